The van der Waals surface area contributed by atoms with Gasteiger partial charge in [0, 0.05) is 22.1 Å². The van der Waals surface area contributed by atoms with Crippen LogP contribution in [0.15, 0.2) is 133 Å². The van der Waals surface area contributed by atoms with Crippen LogP contribution >= 0.6 is 0 Å². The predicted octanol–water partition coefficient (Wildman–Crippen LogP) is 10.3. The number of benzene rings is 6. The second-order valence-corrected chi connectivity index (χ2v) is 10.2. The van der Waals surface area contributed by atoms with Crippen molar-refractivity contribution < 1.29 is 14.2 Å². The minimum atomic E-state index is 0.707. The summed E-state index contributed by atoms with van der Waals surface area (Å²) in [6.45, 7) is 0. The zero-order valence-electron chi connectivity index (χ0n) is 21.8. The molecule has 0 unspecified atom stereocenters. The van der Waals surface area contributed by atoms with Crippen LogP contribution in [0.5, 0.6) is 34.5 Å². The van der Waals surface area contributed by atoms with Crippen LogP contribution < -0.4 is 19.1 Å². The molecule has 7 aromatic rings. The fraction of sp³-hybridized carbons (Fsp3) is 0. The lowest BCUT2D eigenvalue weighted by atomic mass is 10.1. The highest BCUT2D eigenvalue weighted by molar-refractivity contribution is 6.12. The topological polar surface area (TPSA) is 35.9 Å². The van der Waals surface area contributed by atoms with Gasteiger partial charge in [-0.1, -0.05) is 54.6 Å². The van der Waals surface area contributed by atoms with Gasteiger partial charge in [0.05, 0.1) is 16.9 Å². The molecule has 0 spiro atoms. The van der Waals surface area contributed by atoms with Gasteiger partial charge in [-0.3, -0.25) is 0 Å². The first-order chi connectivity index (χ1) is 20.3. The molecule has 41 heavy (non-hydrogen) atoms. The molecule has 0 saturated heterocycles. The van der Waals surface area contributed by atoms with Gasteiger partial charge in [0.15, 0.2) is 34.5 Å². The highest BCUT2D eigenvalue weighted by Gasteiger charge is 2.27. The number of ether oxygens (including phenoxy) is 3. The van der Waals surface area contributed by atoms with E-state index in [0.717, 1.165) is 67.6 Å². The van der Waals surface area contributed by atoms with Crippen LogP contribution in [0.4, 0.5) is 17.1 Å². The third-order valence-electron chi connectivity index (χ3n) is 7.83. The van der Waals surface area contributed by atoms with Gasteiger partial charge in [0.25, 0.3) is 0 Å². The SMILES string of the molecule is c1ccc2c(c1)Oc1ccc3c4ccccc4n(-c4ccc(N5c6ccccc6Oc6ccccc65)cc4)c3c1O2. The maximum atomic E-state index is 6.51. The van der Waals surface area contributed by atoms with Crippen molar-refractivity contribution in [1.29, 1.82) is 0 Å². The minimum Gasteiger partial charge on any atom is -0.453 e. The second-order valence-electron chi connectivity index (χ2n) is 10.2. The van der Waals surface area contributed by atoms with Crippen molar-refractivity contribution in [3.63, 3.8) is 0 Å². The lowest BCUT2D eigenvalue weighted by molar-refractivity contribution is 0.362. The number of nitrogens with zero attached hydrogens (tertiary/aromatic N) is 2. The summed E-state index contributed by atoms with van der Waals surface area (Å²) in [6, 6.07) is 45.3. The number of anilines is 3. The molecule has 0 radical (unpaired) electrons. The molecule has 2 aliphatic heterocycles. The maximum Gasteiger partial charge on any atom is 0.194 e. The summed E-state index contributed by atoms with van der Waals surface area (Å²) >= 11 is 0. The molecule has 0 bridgehead atoms. The molecule has 9 rings (SSSR count). The molecule has 2 aliphatic rings. The van der Waals surface area contributed by atoms with Crippen LogP contribution in [0.2, 0.25) is 0 Å². The Labute approximate surface area is 236 Å². The Hall–Kier alpha value is -5.68. The van der Waals surface area contributed by atoms with Crippen molar-refractivity contribution in [2.45, 2.75) is 0 Å². The van der Waals surface area contributed by atoms with E-state index in [4.69, 9.17) is 14.2 Å². The molecule has 0 N–H and O–H groups in total. The molecular formula is C36H22N2O3. The van der Waals surface area contributed by atoms with Crippen LogP contribution in [-0.4, -0.2) is 4.57 Å². The zero-order valence-corrected chi connectivity index (χ0v) is 21.8. The first-order valence-corrected chi connectivity index (χ1v) is 13.6. The first-order valence-electron chi connectivity index (χ1n) is 13.6. The summed E-state index contributed by atoms with van der Waals surface area (Å²) in [4.78, 5) is 2.25. The first kappa shape index (κ1) is 22.2. The number of rotatable bonds is 2. The number of fused-ring (bicyclic) bond motifs is 8. The van der Waals surface area contributed by atoms with E-state index >= 15 is 0 Å². The fourth-order valence-electron chi connectivity index (χ4n) is 6.04. The maximum absolute atomic E-state index is 6.51. The summed E-state index contributed by atoms with van der Waals surface area (Å²) in [5.74, 6) is 4.53. The average molecular weight is 531 g/mol. The summed E-state index contributed by atoms with van der Waals surface area (Å²) < 4.78 is 21.3. The molecule has 3 heterocycles. The zero-order chi connectivity index (χ0) is 26.9. The summed E-state index contributed by atoms with van der Waals surface area (Å²) in [5, 5.41) is 2.27. The second kappa shape index (κ2) is 8.41. The third-order valence-corrected chi connectivity index (χ3v) is 7.83. The standard InChI is InChI=1S/C36H22N2O3/c1-2-10-27-25(9-1)26-21-22-34-36(41-33-16-8-7-15-32(33)40-34)35(26)38(27)24-19-17-23(18-20-24)37-28-11-3-5-13-30(28)39-31-14-6-4-12-29(31)37/h1-22H. The van der Waals surface area contributed by atoms with Crippen molar-refractivity contribution in [2.75, 3.05) is 4.90 Å². The van der Waals surface area contributed by atoms with E-state index in [0.29, 0.717) is 11.5 Å². The number of aromatic nitrogens is 1. The Morgan fingerprint density at radius 2 is 0.951 bits per heavy atom. The third kappa shape index (κ3) is 3.23. The van der Waals surface area contributed by atoms with Crippen LogP contribution in [0.1, 0.15) is 0 Å². The average Bonchev–Trinajstić information content (AvgIpc) is 3.38. The van der Waals surface area contributed by atoms with E-state index in [-0.39, 0.29) is 0 Å². The molecule has 0 fully saturated rings. The Morgan fingerprint density at radius 1 is 0.390 bits per heavy atom. The van der Waals surface area contributed by atoms with Gasteiger partial charge in [-0.15, -0.1) is 0 Å². The van der Waals surface area contributed by atoms with E-state index in [2.05, 4.69) is 76.2 Å². The normalized spacial score (nSPS) is 12.9. The van der Waals surface area contributed by atoms with Gasteiger partial charge in [-0.25, -0.2) is 0 Å². The molecule has 6 aromatic carbocycles. The van der Waals surface area contributed by atoms with Gasteiger partial charge in [-0.2, -0.15) is 0 Å². The van der Waals surface area contributed by atoms with Crippen molar-refractivity contribution in [3.8, 4) is 40.2 Å². The smallest absolute Gasteiger partial charge is 0.194 e. The minimum absolute atomic E-state index is 0.707. The number of para-hydroxylation sites is 7. The molecule has 194 valence electrons. The molecule has 1 aromatic heterocycles. The quantitative estimate of drug-likeness (QED) is 0.223. The van der Waals surface area contributed by atoms with Crippen LogP contribution in [0.25, 0.3) is 27.5 Å². The number of hydrogen-bond acceptors (Lipinski definition) is 4. The molecule has 5 heteroatoms. The molecule has 0 saturated carbocycles. The van der Waals surface area contributed by atoms with Crippen LogP contribution in [0, 0.1) is 0 Å². The van der Waals surface area contributed by atoms with Crippen molar-refractivity contribution in [3.05, 3.63) is 133 Å². The summed E-state index contributed by atoms with van der Waals surface area (Å²) in [7, 11) is 0. The highest BCUT2D eigenvalue weighted by atomic mass is 16.6. The summed E-state index contributed by atoms with van der Waals surface area (Å²) in [5.41, 5.74) is 6.18. The van der Waals surface area contributed by atoms with E-state index in [1.54, 1.807) is 0 Å². The fourth-order valence-corrected chi connectivity index (χ4v) is 6.04. The number of hydrogen-bond donors (Lipinski definition) is 0. The van der Waals surface area contributed by atoms with Crippen molar-refractivity contribution in [1.82, 2.24) is 4.57 Å². The Morgan fingerprint density at radius 3 is 1.68 bits per heavy atom. The van der Waals surface area contributed by atoms with Gasteiger partial charge in [-0.05, 0) is 78.9 Å². The monoisotopic (exact) mass is 530 g/mol. The Bertz CT molecular complexity index is 2100. The van der Waals surface area contributed by atoms with E-state index in [9.17, 15) is 0 Å². The molecular weight excluding hydrogens is 508 g/mol. The van der Waals surface area contributed by atoms with Crippen LogP contribution in [0.3, 0.4) is 0 Å². The Kier molecular flexibility index (Phi) is 4.55. The lowest BCUT2D eigenvalue weighted by Gasteiger charge is -2.32. The Balaban J connectivity index is 1.23. The predicted molar refractivity (Wildman–Crippen MR) is 162 cm³/mol. The molecule has 5 nitrogen and oxygen atoms in total. The van der Waals surface area contributed by atoms with Gasteiger partial charge in [0.2, 0.25) is 0 Å². The molecule has 0 aliphatic carbocycles. The lowest BCUT2D eigenvalue weighted by Crippen LogP contribution is -2.15. The van der Waals surface area contributed by atoms with Gasteiger partial charge < -0.3 is 23.7 Å². The molecule has 0 atom stereocenters. The van der Waals surface area contributed by atoms with E-state index in [1.165, 1.54) is 0 Å². The van der Waals surface area contributed by atoms with Gasteiger partial charge in [0.1, 0.15) is 5.52 Å². The van der Waals surface area contributed by atoms with Crippen molar-refractivity contribution in [2.24, 2.45) is 0 Å². The van der Waals surface area contributed by atoms with E-state index < -0.39 is 0 Å². The highest BCUT2D eigenvalue weighted by Crippen LogP contribution is 2.52. The molecule has 0 amide bonds. The summed E-state index contributed by atoms with van der Waals surface area (Å²) in [6.07, 6.45) is 0. The van der Waals surface area contributed by atoms with Gasteiger partial charge >= 0.3 is 0 Å². The van der Waals surface area contributed by atoms with Crippen LogP contribution in [-0.2, 0) is 0 Å². The largest absolute Gasteiger partial charge is 0.453 e. The van der Waals surface area contributed by atoms with E-state index in [1.807, 2.05) is 66.7 Å². The van der Waals surface area contributed by atoms with Crippen molar-refractivity contribution >= 4 is 38.9 Å².